The molecule has 0 saturated carbocycles. The average Bonchev–Trinajstić information content (AvgIpc) is 2.87. The standard InChI is InChI=1S/C17H23NO6/c1-10(18-9-14(19)24-17(2,3)4)7-11-5-6-12-13(8-11)23-16(22-12)15(20)21/h5-6,8,10,16,18H,7,9H2,1-4H3,(H,20,21). The van der Waals surface area contributed by atoms with Gasteiger partial charge in [-0.3, -0.25) is 4.79 Å². The van der Waals surface area contributed by atoms with Crippen LogP contribution < -0.4 is 14.8 Å². The van der Waals surface area contributed by atoms with Crippen LogP contribution >= 0.6 is 0 Å². The minimum Gasteiger partial charge on any atom is -0.476 e. The molecule has 2 N–H and O–H groups in total. The van der Waals surface area contributed by atoms with E-state index in [2.05, 4.69) is 5.32 Å². The molecule has 0 radical (unpaired) electrons. The fraction of sp³-hybridized carbons (Fsp3) is 0.529. The van der Waals surface area contributed by atoms with Gasteiger partial charge in [0.25, 0.3) is 0 Å². The molecule has 24 heavy (non-hydrogen) atoms. The van der Waals surface area contributed by atoms with Crippen molar-refractivity contribution in [2.75, 3.05) is 6.54 Å². The van der Waals surface area contributed by atoms with E-state index in [-0.39, 0.29) is 18.6 Å². The van der Waals surface area contributed by atoms with Gasteiger partial charge in [-0.05, 0) is 51.8 Å². The quantitative estimate of drug-likeness (QED) is 0.763. The van der Waals surface area contributed by atoms with Gasteiger partial charge in [0, 0.05) is 6.04 Å². The molecule has 7 heteroatoms. The fourth-order valence-electron chi connectivity index (χ4n) is 2.29. The molecular weight excluding hydrogens is 314 g/mol. The molecule has 1 aliphatic heterocycles. The van der Waals surface area contributed by atoms with Crippen molar-refractivity contribution >= 4 is 11.9 Å². The van der Waals surface area contributed by atoms with Gasteiger partial charge in [0.05, 0.1) is 6.54 Å². The van der Waals surface area contributed by atoms with Crippen LogP contribution in [0.5, 0.6) is 11.5 Å². The van der Waals surface area contributed by atoms with Crippen molar-refractivity contribution in [3.63, 3.8) is 0 Å². The van der Waals surface area contributed by atoms with Gasteiger partial charge in [0.2, 0.25) is 0 Å². The van der Waals surface area contributed by atoms with Gasteiger partial charge >= 0.3 is 18.2 Å². The van der Waals surface area contributed by atoms with Crippen molar-refractivity contribution in [1.82, 2.24) is 5.32 Å². The maximum Gasteiger partial charge on any atom is 0.387 e. The number of hydrogen-bond acceptors (Lipinski definition) is 6. The van der Waals surface area contributed by atoms with Crippen LogP contribution in [0.3, 0.4) is 0 Å². The van der Waals surface area contributed by atoms with Crippen LogP contribution in [0.25, 0.3) is 0 Å². The predicted molar refractivity (Wildman–Crippen MR) is 86.1 cm³/mol. The first-order valence-corrected chi connectivity index (χ1v) is 7.78. The molecule has 1 heterocycles. The highest BCUT2D eigenvalue weighted by Crippen LogP contribution is 2.35. The molecule has 0 spiro atoms. The summed E-state index contributed by atoms with van der Waals surface area (Å²) in [6.07, 6.45) is -0.644. The number of benzene rings is 1. The minimum atomic E-state index is -1.29. The van der Waals surface area contributed by atoms with Crippen molar-refractivity contribution < 1.29 is 28.9 Å². The number of aliphatic carboxylic acids is 1. The van der Waals surface area contributed by atoms with Gasteiger partial charge in [-0.25, -0.2) is 4.79 Å². The van der Waals surface area contributed by atoms with Gasteiger partial charge in [0.15, 0.2) is 11.5 Å². The van der Waals surface area contributed by atoms with E-state index in [1.54, 1.807) is 12.1 Å². The van der Waals surface area contributed by atoms with Gasteiger partial charge in [-0.2, -0.15) is 0 Å². The highest BCUT2D eigenvalue weighted by atomic mass is 16.7. The van der Waals surface area contributed by atoms with Crippen LogP contribution in [-0.4, -0.2) is 41.5 Å². The normalized spacial score (nSPS) is 17.4. The fourth-order valence-corrected chi connectivity index (χ4v) is 2.29. The largest absolute Gasteiger partial charge is 0.476 e. The molecule has 2 rings (SSSR count). The van der Waals surface area contributed by atoms with E-state index in [0.29, 0.717) is 17.9 Å². The van der Waals surface area contributed by atoms with E-state index in [9.17, 15) is 9.59 Å². The lowest BCUT2D eigenvalue weighted by atomic mass is 10.1. The van der Waals surface area contributed by atoms with Crippen LogP contribution in [0.15, 0.2) is 18.2 Å². The number of ether oxygens (including phenoxy) is 3. The third kappa shape index (κ3) is 5.13. The maximum atomic E-state index is 11.7. The molecule has 7 nitrogen and oxygen atoms in total. The summed E-state index contributed by atoms with van der Waals surface area (Å²) in [5.74, 6) is -0.635. The van der Waals surface area contributed by atoms with Gasteiger partial charge < -0.3 is 24.6 Å². The Labute approximate surface area is 140 Å². The molecule has 1 aromatic carbocycles. The van der Waals surface area contributed by atoms with Crippen LogP contribution in [0, 0.1) is 0 Å². The molecular formula is C17H23NO6. The lowest BCUT2D eigenvalue weighted by Gasteiger charge is -2.20. The summed E-state index contributed by atoms with van der Waals surface area (Å²) in [7, 11) is 0. The summed E-state index contributed by atoms with van der Waals surface area (Å²) in [5.41, 5.74) is 0.451. The van der Waals surface area contributed by atoms with E-state index in [4.69, 9.17) is 19.3 Å². The third-order valence-electron chi connectivity index (χ3n) is 3.23. The Bertz CT molecular complexity index is 622. The number of carbonyl (C=O) groups excluding carboxylic acids is 1. The molecule has 1 aromatic rings. The summed E-state index contributed by atoms with van der Waals surface area (Å²) in [6.45, 7) is 7.56. The van der Waals surface area contributed by atoms with Crippen LogP contribution in [0.2, 0.25) is 0 Å². The van der Waals surface area contributed by atoms with Crippen molar-refractivity contribution in [3.05, 3.63) is 23.8 Å². The second-order valence-electron chi connectivity index (χ2n) is 6.76. The molecule has 2 unspecified atom stereocenters. The summed E-state index contributed by atoms with van der Waals surface area (Å²) in [6, 6.07) is 5.32. The zero-order chi connectivity index (χ0) is 17.9. The Kier molecular flexibility index (Phi) is 5.33. The van der Waals surface area contributed by atoms with Gasteiger partial charge in [0.1, 0.15) is 5.60 Å². The second-order valence-corrected chi connectivity index (χ2v) is 6.76. The number of carbonyl (C=O) groups is 2. The minimum absolute atomic E-state index is 0.0353. The Balaban J connectivity index is 1.85. The summed E-state index contributed by atoms with van der Waals surface area (Å²) in [4.78, 5) is 22.6. The summed E-state index contributed by atoms with van der Waals surface area (Å²) < 4.78 is 15.6. The average molecular weight is 337 g/mol. The molecule has 132 valence electrons. The van der Waals surface area contributed by atoms with E-state index in [1.165, 1.54) is 0 Å². The summed E-state index contributed by atoms with van der Waals surface area (Å²) in [5, 5.41) is 12.0. The van der Waals surface area contributed by atoms with Crippen LogP contribution in [-0.2, 0) is 20.7 Å². The zero-order valence-electron chi connectivity index (χ0n) is 14.3. The monoisotopic (exact) mass is 337 g/mol. The molecule has 0 bridgehead atoms. The van der Waals surface area contributed by atoms with Gasteiger partial charge in [-0.15, -0.1) is 0 Å². The Morgan fingerprint density at radius 2 is 1.96 bits per heavy atom. The third-order valence-corrected chi connectivity index (χ3v) is 3.23. The smallest absolute Gasteiger partial charge is 0.387 e. The van der Waals surface area contributed by atoms with Gasteiger partial charge in [-0.1, -0.05) is 6.07 Å². The SMILES string of the molecule is CC(Cc1ccc2c(c1)OC(C(=O)O)O2)NCC(=O)OC(C)(C)C. The highest BCUT2D eigenvalue weighted by molar-refractivity contribution is 5.73. The molecule has 2 atom stereocenters. The second kappa shape index (κ2) is 7.09. The number of nitrogens with one attached hydrogen (secondary N) is 1. The molecule has 0 amide bonds. The van der Waals surface area contributed by atoms with E-state index < -0.39 is 17.9 Å². The first kappa shape index (κ1) is 18.1. The topological polar surface area (TPSA) is 94.1 Å². The molecule has 1 aliphatic rings. The first-order valence-electron chi connectivity index (χ1n) is 7.78. The number of carboxylic acids is 1. The Morgan fingerprint density at radius 1 is 1.29 bits per heavy atom. The Morgan fingerprint density at radius 3 is 2.58 bits per heavy atom. The van der Waals surface area contributed by atoms with Crippen LogP contribution in [0.4, 0.5) is 0 Å². The van der Waals surface area contributed by atoms with Crippen molar-refractivity contribution in [2.45, 2.75) is 52.0 Å². The molecule has 0 fully saturated rings. The predicted octanol–water partition coefficient (Wildman–Crippen LogP) is 1.73. The van der Waals surface area contributed by atoms with E-state index in [0.717, 1.165) is 5.56 Å². The maximum absolute atomic E-state index is 11.7. The molecule has 0 saturated heterocycles. The Hall–Kier alpha value is -2.28. The lowest BCUT2D eigenvalue weighted by Crippen LogP contribution is -2.36. The first-order chi connectivity index (χ1) is 11.1. The van der Waals surface area contributed by atoms with Crippen molar-refractivity contribution in [3.8, 4) is 11.5 Å². The number of carboxylic acid groups (broad SMARTS) is 1. The van der Waals surface area contributed by atoms with E-state index >= 15 is 0 Å². The van der Waals surface area contributed by atoms with Crippen LogP contribution in [0.1, 0.15) is 33.3 Å². The number of fused-ring (bicyclic) bond motifs is 1. The highest BCUT2D eigenvalue weighted by Gasteiger charge is 2.30. The molecule has 0 aromatic heterocycles. The number of esters is 1. The van der Waals surface area contributed by atoms with E-state index in [1.807, 2.05) is 33.8 Å². The number of rotatable bonds is 6. The summed E-state index contributed by atoms with van der Waals surface area (Å²) >= 11 is 0. The van der Waals surface area contributed by atoms with Crippen molar-refractivity contribution in [1.29, 1.82) is 0 Å². The number of hydrogen-bond donors (Lipinski definition) is 2. The molecule has 0 aliphatic carbocycles. The zero-order valence-corrected chi connectivity index (χ0v) is 14.3. The lowest BCUT2D eigenvalue weighted by molar-refractivity contribution is -0.155. The van der Waals surface area contributed by atoms with Crippen molar-refractivity contribution in [2.24, 2.45) is 0 Å².